The van der Waals surface area contributed by atoms with Crippen LogP contribution in [-0.4, -0.2) is 22.1 Å². The zero-order chi connectivity index (χ0) is 25.4. The Labute approximate surface area is 222 Å². The molecular weight excluding hydrogens is 481 g/mol. The molecule has 4 aromatic rings. The molecule has 2 heterocycles. The maximum Gasteiger partial charge on any atom is 0.141 e. The van der Waals surface area contributed by atoms with Gasteiger partial charge in [-0.1, -0.05) is 90.0 Å². The van der Waals surface area contributed by atoms with E-state index in [4.69, 9.17) is 11.6 Å². The van der Waals surface area contributed by atoms with Crippen LogP contribution in [0.1, 0.15) is 42.4 Å². The van der Waals surface area contributed by atoms with Crippen LogP contribution in [0.5, 0.6) is 5.75 Å². The molecule has 2 unspecified atom stereocenters. The van der Waals surface area contributed by atoms with Crippen LogP contribution in [0.3, 0.4) is 0 Å². The standard InChI is InChI=1S/C33H29ClFNO/c34-31-20-25(13-16-32(31)35)23-9-11-24(12-10-23)33(26-7-4-8-30(37)19-26)27-17-28-14-15-29(18-27)36(28)21-22-5-2-1-3-6-22/h1-13,16,19-20,28-29,37H,14-15,17-18,21H2. The summed E-state index contributed by atoms with van der Waals surface area (Å²) in [7, 11) is 0. The Morgan fingerprint density at radius 3 is 2.16 bits per heavy atom. The van der Waals surface area contributed by atoms with Crippen molar-refractivity contribution >= 4 is 17.2 Å². The van der Waals surface area contributed by atoms with E-state index in [0.717, 1.165) is 41.6 Å². The average Bonchev–Trinajstić information content (AvgIpc) is 3.13. The first-order valence-corrected chi connectivity index (χ1v) is 13.3. The maximum absolute atomic E-state index is 13.7. The van der Waals surface area contributed by atoms with Crippen LogP contribution < -0.4 is 0 Å². The normalized spacial score (nSPS) is 19.2. The Morgan fingerprint density at radius 2 is 1.49 bits per heavy atom. The predicted molar refractivity (Wildman–Crippen MR) is 149 cm³/mol. The minimum atomic E-state index is -0.411. The number of hydrogen-bond acceptors (Lipinski definition) is 2. The van der Waals surface area contributed by atoms with Crippen molar-refractivity contribution in [1.82, 2.24) is 4.90 Å². The van der Waals surface area contributed by atoms with Gasteiger partial charge in [0.05, 0.1) is 5.02 Å². The van der Waals surface area contributed by atoms with Gasteiger partial charge in [-0.2, -0.15) is 0 Å². The van der Waals surface area contributed by atoms with E-state index >= 15 is 0 Å². The molecule has 2 nitrogen and oxygen atoms in total. The number of benzene rings is 4. The SMILES string of the molecule is Oc1cccc(C(=C2CC3CCC(C2)N3Cc2ccccc2)c2ccc(-c3ccc(F)c(Cl)c3)cc2)c1. The van der Waals surface area contributed by atoms with Crippen molar-refractivity contribution in [2.24, 2.45) is 0 Å². The molecule has 2 atom stereocenters. The summed E-state index contributed by atoms with van der Waals surface area (Å²) in [5, 5.41) is 10.4. The summed E-state index contributed by atoms with van der Waals surface area (Å²) >= 11 is 6.03. The monoisotopic (exact) mass is 509 g/mol. The van der Waals surface area contributed by atoms with Crippen molar-refractivity contribution in [3.8, 4) is 16.9 Å². The molecule has 186 valence electrons. The number of phenols is 1. The molecule has 0 saturated carbocycles. The Kier molecular flexibility index (Phi) is 6.58. The largest absolute Gasteiger partial charge is 0.508 e. The zero-order valence-electron chi connectivity index (χ0n) is 20.6. The molecule has 0 aliphatic carbocycles. The average molecular weight is 510 g/mol. The van der Waals surface area contributed by atoms with Crippen molar-refractivity contribution in [3.63, 3.8) is 0 Å². The summed E-state index contributed by atoms with van der Waals surface area (Å²) in [6.45, 7) is 1.000. The fourth-order valence-corrected chi connectivity index (χ4v) is 6.28. The Balaban J connectivity index is 1.35. The van der Waals surface area contributed by atoms with E-state index < -0.39 is 5.82 Å². The van der Waals surface area contributed by atoms with Gasteiger partial charge in [-0.15, -0.1) is 0 Å². The highest BCUT2D eigenvalue weighted by Crippen LogP contribution is 2.44. The van der Waals surface area contributed by atoms with E-state index in [1.165, 1.54) is 35.6 Å². The fraction of sp³-hybridized carbons (Fsp3) is 0.212. The van der Waals surface area contributed by atoms with E-state index in [0.29, 0.717) is 12.1 Å². The third kappa shape index (κ3) is 4.94. The van der Waals surface area contributed by atoms with Crippen LogP contribution in [0.2, 0.25) is 5.02 Å². The van der Waals surface area contributed by atoms with Crippen molar-refractivity contribution in [2.45, 2.75) is 44.3 Å². The molecule has 1 N–H and O–H groups in total. The Morgan fingerprint density at radius 1 is 0.784 bits per heavy atom. The van der Waals surface area contributed by atoms with Gasteiger partial charge < -0.3 is 5.11 Å². The number of nitrogens with zero attached hydrogens (tertiary/aromatic N) is 1. The Hall–Kier alpha value is -3.40. The highest BCUT2D eigenvalue weighted by Gasteiger charge is 2.39. The quantitative estimate of drug-likeness (QED) is 0.291. The highest BCUT2D eigenvalue weighted by molar-refractivity contribution is 6.31. The summed E-state index contributed by atoms with van der Waals surface area (Å²) in [6.07, 6.45) is 4.50. The number of hydrogen-bond donors (Lipinski definition) is 1. The molecule has 37 heavy (non-hydrogen) atoms. The number of phenolic OH excluding ortho intramolecular Hbond substituents is 1. The maximum atomic E-state index is 13.7. The van der Waals surface area contributed by atoms with Crippen molar-refractivity contribution in [2.75, 3.05) is 0 Å². The van der Waals surface area contributed by atoms with Gasteiger partial charge in [0, 0.05) is 18.6 Å². The third-order valence-electron chi connectivity index (χ3n) is 7.86. The molecular formula is C33H29ClFNO. The van der Waals surface area contributed by atoms with Crippen LogP contribution in [-0.2, 0) is 6.54 Å². The lowest BCUT2D eigenvalue weighted by molar-refractivity contribution is 0.158. The molecule has 2 bridgehead atoms. The molecule has 2 aliphatic heterocycles. The number of fused-ring (bicyclic) bond motifs is 2. The summed E-state index contributed by atoms with van der Waals surface area (Å²) in [6, 6.07) is 32.7. The summed E-state index contributed by atoms with van der Waals surface area (Å²) in [5.41, 5.74) is 8.10. The van der Waals surface area contributed by atoms with E-state index in [1.807, 2.05) is 12.1 Å². The van der Waals surface area contributed by atoms with E-state index in [-0.39, 0.29) is 10.8 Å². The minimum Gasteiger partial charge on any atom is -0.508 e. The van der Waals surface area contributed by atoms with Gasteiger partial charge in [0.25, 0.3) is 0 Å². The van der Waals surface area contributed by atoms with Crippen LogP contribution in [0, 0.1) is 5.82 Å². The first-order valence-electron chi connectivity index (χ1n) is 12.9. The molecule has 2 fully saturated rings. The van der Waals surface area contributed by atoms with E-state index in [1.54, 1.807) is 18.2 Å². The molecule has 2 saturated heterocycles. The summed E-state index contributed by atoms with van der Waals surface area (Å²) in [5.74, 6) is -0.135. The van der Waals surface area contributed by atoms with E-state index in [2.05, 4.69) is 65.6 Å². The molecule has 2 aliphatic rings. The topological polar surface area (TPSA) is 23.5 Å². The van der Waals surface area contributed by atoms with Gasteiger partial charge in [0.1, 0.15) is 11.6 Å². The third-order valence-corrected chi connectivity index (χ3v) is 8.15. The number of aromatic hydroxyl groups is 1. The first kappa shape index (κ1) is 24.0. The predicted octanol–water partition coefficient (Wildman–Crippen LogP) is 8.48. The summed E-state index contributed by atoms with van der Waals surface area (Å²) in [4.78, 5) is 2.69. The van der Waals surface area contributed by atoms with Gasteiger partial charge >= 0.3 is 0 Å². The van der Waals surface area contributed by atoms with Crippen LogP contribution in [0.4, 0.5) is 4.39 Å². The number of rotatable bonds is 5. The van der Waals surface area contributed by atoms with Crippen LogP contribution in [0.25, 0.3) is 16.7 Å². The lowest BCUT2D eigenvalue weighted by Crippen LogP contribution is -2.40. The van der Waals surface area contributed by atoms with Gasteiger partial charge in [-0.25, -0.2) is 4.39 Å². The zero-order valence-corrected chi connectivity index (χ0v) is 21.3. The van der Waals surface area contributed by atoms with Crippen molar-refractivity contribution in [3.05, 3.63) is 130 Å². The smallest absolute Gasteiger partial charge is 0.141 e. The van der Waals surface area contributed by atoms with Crippen LogP contribution >= 0.6 is 11.6 Å². The minimum absolute atomic E-state index is 0.127. The molecule has 0 radical (unpaired) electrons. The van der Waals surface area contributed by atoms with Gasteiger partial charge in [-0.3, -0.25) is 4.90 Å². The van der Waals surface area contributed by atoms with Gasteiger partial charge in [-0.05, 0) is 83.3 Å². The molecule has 0 aromatic heterocycles. The number of halogens is 2. The highest BCUT2D eigenvalue weighted by atomic mass is 35.5. The van der Waals surface area contributed by atoms with Crippen molar-refractivity contribution < 1.29 is 9.50 Å². The van der Waals surface area contributed by atoms with Gasteiger partial charge in [0.15, 0.2) is 0 Å². The van der Waals surface area contributed by atoms with Crippen LogP contribution in [0.15, 0.2) is 103 Å². The van der Waals surface area contributed by atoms with Crippen molar-refractivity contribution in [1.29, 1.82) is 0 Å². The molecule has 4 heteroatoms. The second kappa shape index (κ2) is 10.2. The van der Waals surface area contributed by atoms with Gasteiger partial charge in [0.2, 0.25) is 0 Å². The molecule has 0 spiro atoms. The second-order valence-electron chi connectivity index (χ2n) is 10.2. The number of piperidine rings is 1. The molecule has 6 rings (SSSR count). The second-order valence-corrected chi connectivity index (χ2v) is 10.6. The fourth-order valence-electron chi connectivity index (χ4n) is 6.10. The first-order chi connectivity index (χ1) is 18.0. The van der Waals surface area contributed by atoms with E-state index in [9.17, 15) is 9.50 Å². The molecule has 0 amide bonds. The lowest BCUT2D eigenvalue weighted by atomic mass is 9.85. The molecule has 4 aromatic carbocycles. The lowest BCUT2D eigenvalue weighted by Gasteiger charge is -2.37. The Bertz CT molecular complexity index is 1430. The summed E-state index contributed by atoms with van der Waals surface area (Å²) < 4.78 is 13.7.